The molecule has 1 aromatic rings. The van der Waals surface area contributed by atoms with Crippen LogP contribution in [0.2, 0.25) is 0 Å². The molecule has 1 saturated heterocycles. The second-order valence-corrected chi connectivity index (χ2v) is 5.82. The number of rotatable bonds is 3. The van der Waals surface area contributed by atoms with Gasteiger partial charge in [0.05, 0.1) is 12.7 Å². The average molecular weight is 332 g/mol. The van der Waals surface area contributed by atoms with Crippen LogP contribution in [0.25, 0.3) is 0 Å². The number of anilines is 1. The molecule has 0 aliphatic carbocycles. The number of hydrogen-bond donors (Lipinski definition) is 0. The van der Waals surface area contributed by atoms with E-state index in [0.717, 1.165) is 10.9 Å². The Bertz CT molecular complexity index is 486. The zero-order valence-corrected chi connectivity index (χ0v) is 12.6. The van der Waals surface area contributed by atoms with Crippen LogP contribution in [0.15, 0.2) is 5.38 Å². The van der Waals surface area contributed by atoms with Crippen molar-refractivity contribution in [1.82, 2.24) is 0 Å². The van der Waals surface area contributed by atoms with Gasteiger partial charge in [-0.1, -0.05) is 15.9 Å². The number of nitrogens with zero attached hydrogens (tertiary/aromatic N) is 1. The first-order valence-electron chi connectivity index (χ1n) is 5.61. The lowest BCUT2D eigenvalue weighted by molar-refractivity contribution is -0.117. The van der Waals surface area contributed by atoms with E-state index in [9.17, 15) is 9.59 Å². The average Bonchev–Trinajstić information content (AvgIpc) is 2.91. The molecule has 18 heavy (non-hydrogen) atoms. The van der Waals surface area contributed by atoms with Crippen LogP contribution in [0.4, 0.5) is 5.00 Å². The second kappa shape index (κ2) is 5.40. The molecular weight excluding hydrogens is 318 g/mol. The van der Waals surface area contributed by atoms with Gasteiger partial charge >= 0.3 is 5.97 Å². The molecule has 0 saturated carbocycles. The predicted octanol–water partition coefficient (Wildman–Crippen LogP) is 2.59. The summed E-state index contributed by atoms with van der Waals surface area (Å²) in [5, 5.41) is 3.40. The monoisotopic (exact) mass is 331 g/mol. The highest BCUT2D eigenvalue weighted by atomic mass is 79.9. The van der Waals surface area contributed by atoms with Crippen LogP contribution in [0, 0.1) is 12.8 Å². The normalized spacial score (nSPS) is 19.4. The van der Waals surface area contributed by atoms with E-state index in [2.05, 4.69) is 15.9 Å². The highest BCUT2D eigenvalue weighted by Gasteiger charge is 2.33. The quantitative estimate of drug-likeness (QED) is 0.631. The molecule has 1 aliphatic rings. The molecule has 1 fully saturated rings. The Morgan fingerprint density at radius 1 is 1.67 bits per heavy atom. The molecule has 6 heteroatoms. The fraction of sp³-hybridized carbons (Fsp3) is 0.500. The minimum Gasteiger partial charge on any atom is -0.465 e. The van der Waals surface area contributed by atoms with Crippen LogP contribution in [0.5, 0.6) is 0 Å². The van der Waals surface area contributed by atoms with Crippen molar-refractivity contribution in [2.75, 3.05) is 23.9 Å². The van der Waals surface area contributed by atoms with Crippen molar-refractivity contribution < 1.29 is 14.3 Å². The zero-order valence-electron chi connectivity index (χ0n) is 10.2. The van der Waals surface area contributed by atoms with Gasteiger partial charge in [-0.15, -0.1) is 11.3 Å². The number of carbonyl (C=O) groups excluding carboxylic acids is 2. The van der Waals surface area contributed by atoms with Crippen LogP contribution in [0.1, 0.15) is 22.3 Å². The van der Waals surface area contributed by atoms with Crippen molar-refractivity contribution >= 4 is 44.1 Å². The van der Waals surface area contributed by atoms with Crippen LogP contribution in [-0.4, -0.2) is 30.9 Å². The molecule has 0 spiro atoms. The summed E-state index contributed by atoms with van der Waals surface area (Å²) in [6.45, 7) is 2.52. The molecule has 1 atom stereocenters. The van der Waals surface area contributed by atoms with E-state index in [1.165, 1.54) is 18.4 Å². The van der Waals surface area contributed by atoms with Gasteiger partial charge in [0, 0.05) is 18.3 Å². The van der Waals surface area contributed by atoms with Crippen LogP contribution >= 0.6 is 27.3 Å². The number of hydrogen-bond acceptors (Lipinski definition) is 4. The zero-order chi connectivity index (χ0) is 13.3. The SMILES string of the molecule is COC(=O)c1c(C)csc1N1CC(CBr)CC1=O. The summed E-state index contributed by atoms with van der Waals surface area (Å²) in [7, 11) is 1.36. The van der Waals surface area contributed by atoms with Crippen molar-refractivity contribution in [3.8, 4) is 0 Å². The summed E-state index contributed by atoms with van der Waals surface area (Å²) in [4.78, 5) is 25.4. The maximum Gasteiger partial charge on any atom is 0.341 e. The number of thiophene rings is 1. The van der Waals surface area contributed by atoms with E-state index < -0.39 is 0 Å². The standard InChI is InChI=1S/C12H14BrNO3S/c1-7-6-18-11(10(7)12(16)17-2)14-5-8(4-13)3-9(14)15/h6,8H,3-5H2,1-2H3. The number of aryl methyl sites for hydroxylation is 1. The van der Waals surface area contributed by atoms with Gasteiger partial charge in [-0.25, -0.2) is 4.79 Å². The molecule has 1 amide bonds. The van der Waals surface area contributed by atoms with Crippen molar-refractivity contribution in [2.45, 2.75) is 13.3 Å². The van der Waals surface area contributed by atoms with Crippen molar-refractivity contribution in [3.05, 3.63) is 16.5 Å². The molecule has 0 N–H and O–H groups in total. The number of amides is 1. The Morgan fingerprint density at radius 2 is 2.39 bits per heavy atom. The number of halogens is 1. The molecule has 1 unspecified atom stereocenters. The number of alkyl halides is 1. The van der Waals surface area contributed by atoms with E-state index in [1.807, 2.05) is 12.3 Å². The van der Waals surface area contributed by atoms with Crippen LogP contribution in [-0.2, 0) is 9.53 Å². The van der Waals surface area contributed by atoms with Gasteiger partial charge in [-0.05, 0) is 23.8 Å². The van der Waals surface area contributed by atoms with E-state index in [0.29, 0.717) is 29.4 Å². The molecule has 0 bridgehead atoms. The Labute approximate surface area is 118 Å². The smallest absolute Gasteiger partial charge is 0.341 e. The molecule has 0 aromatic carbocycles. The van der Waals surface area contributed by atoms with Gasteiger partial charge in [0.2, 0.25) is 5.91 Å². The molecule has 1 aliphatic heterocycles. The predicted molar refractivity (Wildman–Crippen MR) is 74.6 cm³/mol. The Hall–Kier alpha value is -0.880. The Kier molecular flexibility index (Phi) is 4.07. The maximum absolute atomic E-state index is 12.0. The molecule has 4 nitrogen and oxygen atoms in total. The first-order chi connectivity index (χ1) is 8.58. The summed E-state index contributed by atoms with van der Waals surface area (Å²) in [5.74, 6) is 0.00991. The lowest BCUT2D eigenvalue weighted by Gasteiger charge is -2.16. The van der Waals surface area contributed by atoms with Gasteiger partial charge in [0.1, 0.15) is 5.00 Å². The molecule has 2 heterocycles. The van der Waals surface area contributed by atoms with Crippen molar-refractivity contribution in [2.24, 2.45) is 5.92 Å². The number of methoxy groups -OCH3 is 1. The van der Waals surface area contributed by atoms with E-state index in [4.69, 9.17) is 4.74 Å². The highest BCUT2D eigenvalue weighted by Crippen LogP contribution is 2.36. The molecule has 2 rings (SSSR count). The van der Waals surface area contributed by atoms with Crippen LogP contribution < -0.4 is 4.90 Å². The Balaban J connectivity index is 2.34. The van der Waals surface area contributed by atoms with Crippen LogP contribution in [0.3, 0.4) is 0 Å². The summed E-state index contributed by atoms with van der Waals surface area (Å²) in [6, 6.07) is 0. The second-order valence-electron chi connectivity index (χ2n) is 4.32. The number of ether oxygens (including phenoxy) is 1. The third kappa shape index (κ3) is 2.31. The maximum atomic E-state index is 12.0. The third-order valence-corrected chi connectivity index (χ3v) is 5.05. The molecule has 98 valence electrons. The molecule has 0 radical (unpaired) electrons. The first kappa shape index (κ1) is 13.5. The highest BCUT2D eigenvalue weighted by molar-refractivity contribution is 9.09. The fourth-order valence-corrected chi connectivity index (χ4v) is 3.57. The van der Waals surface area contributed by atoms with E-state index >= 15 is 0 Å². The lowest BCUT2D eigenvalue weighted by atomic mass is 10.2. The first-order valence-corrected chi connectivity index (χ1v) is 7.61. The summed E-state index contributed by atoms with van der Waals surface area (Å²) >= 11 is 4.83. The topological polar surface area (TPSA) is 46.6 Å². The van der Waals surface area contributed by atoms with E-state index in [-0.39, 0.29) is 11.9 Å². The van der Waals surface area contributed by atoms with Gasteiger partial charge in [-0.2, -0.15) is 0 Å². The van der Waals surface area contributed by atoms with E-state index in [1.54, 1.807) is 4.90 Å². The van der Waals surface area contributed by atoms with Gasteiger partial charge < -0.3 is 9.64 Å². The van der Waals surface area contributed by atoms with Crippen molar-refractivity contribution in [3.63, 3.8) is 0 Å². The number of esters is 1. The minimum absolute atomic E-state index is 0.0754. The van der Waals surface area contributed by atoms with Crippen molar-refractivity contribution in [1.29, 1.82) is 0 Å². The molecule has 1 aromatic heterocycles. The summed E-state index contributed by atoms with van der Waals surface area (Å²) in [6.07, 6.45) is 0.531. The third-order valence-electron chi connectivity index (χ3n) is 3.01. The van der Waals surface area contributed by atoms with Gasteiger partial charge in [0.15, 0.2) is 0 Å². The lowest BCUT2D eigenvalue weighted by Crippen LogP contribution is -2.25. The largest absolute Gasteiger partial charge is 0.465 e. The summed E-state index contributed by atoms with van der Waals surface area (Å²) < 4.78 is 4.78. The fourth-order valence-electron chi connectivity index (χ4n) is 2.06. The van der Waals surface area contributed by atoms with Gasteiger partial charge in [-0.3, -0.25) is 4.79 Å². The van der Waals surface area contributed by atoms with Gasteiger partial charge in [0.25, 0.3) is 0 Å². The Morgan fingerprint density at radius 3 is 2.94 bits per heavy atom. The molecular formula is C12H14BrNO3S. The number of carbonyl (C=O) groups is 2. The summed E-state index contributed by atoms with van der Waals surface area (Å²) in [5.41, 5.74) is 1.38. The minimum atomic E-state index is -0.376.